The fourth-order valence-corrected chi connectivity index (χ4v) is 8.71. The minimum absolute atomic E-state index is 1.14. The summed E-state index contributed by atoms with van der Waals surface area (Å²) in [7, 11) is 0. The lowest BCUT2D eigenvalue weighted by Crippen LogP contribution is -2.11. The molecule has 0 unspecified atom stereocenters. The van der Waals surface area contributed by atoms with E-state index in [1.165, 1.54) is 75.6 Å². The Morgan fingerprint density at radius 1 is 0.367 bits per heavy atom. The molecule has 0 bridgehead atoms. The van der Waals surface area contributed by atoms with Gasteiger partial charge >= 0.3 is 0 Å². The summed E-state index contributed by atoms with van der Waals surface area (Å²) < 4.78 is 2.55. The van der Waals surface area contributed by atoms with Crippen molar-refractivity contribution in [2.24, 2.45) is 0 Å². The lowest BCUT2D eigenvalue weighted by atomic mass is 9.97. The largest absolute Gasteiger partial charge is 0.309 e. The predicted octanol–water partition coefficient (Wildman–Crippen LogP) is 13.9. The molecule has 0 atom stereocenters. The van der Waals surface area contributed by atoms with E-state index in [1.807, 2.05) is 11.3 Å². The van der Waals surface area contributed by atoms with E-state index in [-0.39, 0.29) is 0 Å². The molecule has 234 valence electrons. The highest BCUT2D eigenvalue weighted by molar-refractivity contribution is 7.27. The van der Waals surface area contributed by atoms with Gasteiger partial charge in [0.15, 0.2) is 0 Å². The average molecular weight is 647 g/mol. The second-order valence-corrected chi connectivity index (χ2v) is 13.7. The van der Waals surface area contributed by atoms with Crippen LogP contribution in [0.5, 0.6) is 0 Å². The summed E-state index contributed by atoms with van der Waals surface area (Å²) in [5.74, 6) is 0. The number of benzene rings is 8. The summed E-state index contributed by atoms with van der Waals surface area (Å²) in [6, 6.07) is 61.6. The zero-order chi connectivity index (χ0) is 32.9. The molecule has 2 nitrogen and oxygen atoms in total. The second kappa shape index (κ2) is 12.0. The number of nitrogens with zero attached hydrogens (tertiary/aromatic N) is 2. The first-order valence-corrected chi connectivity index (χ1v) is 17.6. The third-order valence-electron chi connectivity index (χ3n) is 9.64. The second-order valence-electron chi connectivity index (χ2n) is 12.7. The van der Waals surface area contributed by atoms with Crippen molar-refractivity contribution >= 4 is 87.2 Å². The molecule has 1 heterocycles. The van der Waals surface area contributed by atoms with Crippen molar-refractivity contribution in [3.8, 4) is 0 Å². The van der Waals surface area contributed by atoms with Crippen LogP contribution in [0.3, 0.4) is 0 Å². The topological polar surface area (TPSA) is 6.48 Å². The molecule has 9 aromatic rings. The summed E-state index contributed by atoms with van der Waals surface area (Å²) >= 11 is 1.91. The molecule has 0 amide bonds. The number of aryl methyl sites for hydroxylation is 2. The third kappa shape index (κ3) is 4.85. The molecule has 0 aliphatic carbocycles. The van der Waals surface area contributed by atoms with Crippen molar-refractivity contribution in [2.45, 2.75) is 13.8 Å². The van der Waals surface area contributed by atoms with Crippen LogP contribution >= 0.6 is 11.3 Å². The minimum Gasteiger partial charge on any atom is -0.309 e. The molecule has 49 heavy (non-hydrogen) atoms. The molecule has 8 aromatic carbocycles. The number of rotatable bonds is 6. The lowest BCUT2D eigenvalue weighted by Gasteiger charge is -2.28. The molecular formula is C46H34N2S. The van der Waals surface area contributed by atoms with Crippen molar-refractivity contribution in [2.75, 3.05) is 9.80 Å². The van der Waals surface area contributed by atoms with Gasteiger partial charge in [-0.2, -0.15) is 0 Å². The van der Waals surface area contributed by atoms with Crippen LogP contribution in [0.4, 0.5) is 34.1 Å². The lowest BCUT2D eigenvalue weighted by molar-refractivity contribution is 1.27. The van der Waals surface area contributed by atoms with Crippen LogP contribution in [0.25, 0.3) is 41.7 Å². The smallest absolute Gasteiger partial charge is 0.0646 e. The van der Waals surface area contributed by atoms with Gasteiger partial charge in [0.25, 0.3) is 0 Å². The van der Waals surface area contributed by atoms with Gasteiger partial charge in [-0.05, 0) is 95.1 Å². The van der Waals surface area contributed by atoms with Crippen LogP contribution in [0.15, 0.2) is 170 Å². The number of para-hydroxylation sites is 4. The molecule has 0 aliphatic rings. The standard InChI is InChI=1S/C46H34N2S/c1-31-17-9-15-27-39(31)47(35-21-5-3-6-22-35)41-29-33-19-11-13-25-37(33)43-44-38-26-14-12-20-34(38)30-42(46(44)49-45(41)43)48(36-23-7-4-8-24-36)40-28-16-10-18-32(40)2/h3-30H,1-2H3. The van der Waals surface area contributed by atoms with Gasteiger partial charge in [-0.1, -0.05) is 121 Å². The Morgan fingerprint density at radius 3 is 1.16 bits per heavy atom. The van der Waals surface area contributed by atoms with Gasteiger partial charge in [-0.15, -0.1) is 11.3 Å². The fraction of sp³-hybridized carbons (Fsp3) is 0.0435. The van der Waals surface area contributed by atoms with Gasteiger partial charge in [-0.3, -0.25) is 0 Å². The molecule has 0 saturated heterocycles. The quantitative estimate of drug-likeness (QED) is 0.177. The first kappa shape index (κ1) is 29.3. The molecule has 9 rings (SSSR count). The summed E-state index contributed by atoms with van der Waals surface area (Å²) in [6.45, 7) is 4.42. The van der Waals surface area contributed by atoms with Gasteiger partial charge in [0, 0.05) is 33.5 Å². The summed E-state index contributed by atoms with van der Waals surface area (Å²) in [5.41, 5.74) is 9.48. The molecule has 0 radical (unpaired) electrons. The number of thiophene rings is 1. The monoisotopic (exact) mass is 646 g/mol. The van der Waals surface area contributed by atoms with Gasteiger partial charge in [0.1, 0.15) is 0 Å². The molecule has 1 aromatic heterocycles. The molecule has 0 saturated carbocycles. The van der Waals surface area contributed by atoms with Gasteiger partial charge < -0.3 is 9.80 Å². The van der Waals surface area contributed by atoms with E-state index < -0.39 is 0 Å². The summed E-state index contributed by atoms with van der Waals surface area (Å²) in [5, 5.41) is 7.61. The Kier molecular flexibility index (Phi) is 7.14. The number of fused-ring (bicyclic) bond motifs is 7. The Hall–Kier alpha value is -5.90. The van der Waals surface area contributed by atoms with E-state index in [4.69, 9.17) is 0 Å². The molecule has 3 heteroatoms. The Labute approximate surface area is 290 Å². The van der Waals surface area contributed by atoms with E-state index in [2.05, 4.69) is 194 Å². The molecule has 0 N–H and O–H groups in total. The zero-order valence-electron chi connectivity index (χ0n) is 27.5. The van der Waals surface area contributed by atoms with Crippen LogP contribution in [0, 0.1) is 13.8 Å². The SMILES string of the molecule is Cc1ccccc1N(c1ccccc1)c1cc2ccccc2c2c1sc1c(N(c3ccccc3)c3ccccc3C)cc3ccccc3c12. The van der Waals surface area contributed by atoms with E-state index in [1.54, 1.807) is 0 Å². The maximum absolute atomic E-state index is 2.46. The normalized spacial score (nSPS) is 11.5. The highest BCUT2D eigenvalue weighted by Crippen LogP contribution is 2.53. The number of anilines is 6. The summed E-state index contributed by atoms with van der Waals surface area (Å²) in [4.78, 5) is 4.91. The van der Waals surface area contributed by atoms with E-state index in [0.29, 0.717) is 0 Å². The van der Waals surface area contributed by atoms with Crippen LogP contribution < -0.4 is 9.80 Å². The van der Waals surface area contributed by atoms with E-state index in [0.717, 1.165) is 11.4 Å². The van der Waals surface area contributed by atoms with Crippen molar-refractivity contribution in [1.29, 1.82) is 0 Å². The first-order chi connectivity index (χ1) is 24.2. The van der Waals surface area contributed by atoms with Crippen molar-refractivity contribution in [3.05, 3.63) is 181 Å². The Balaban J connectivity index is 1.48. The Bertz CT molecular complexity index is 2460. The van der Waals surface area contributed by atoms with Crippen molar-refractivity contribution in [1.82, 2.24) is 0 Å². The third-order valence-corrected chi connectivity index (χ3v) is 10.9. The summed E-state index contributed by atoms with van der Waals surface area (Å²) in [6.07, 6.45) is 0. The highest BCUT2D eigenvalue weighted by atomic mass is 32.1. The molecular weight excluding hydrogens is 613 g/mol. The molecule has 0 aliphatic heterocycles. The van der Waals surface area contributed by atoms with Crippen LogP contribution in [-0.2, 0) is 0 Å². The van der Waals surface area contributed by atoms with Crippen LogP contribution in [-0.4, -0.2) is 0 Å². The van der Waals surface area contributed by atoms with E-state index >= 15 is 0 Å². The van der Waals surface area contributed by atoms with Crippen LogP contribution in [0.1, 0.15) is 11.1 Å². The zero-order valence-corrected chi connectivity index (χ0v) is 28.3. The maximum Gasteiger partial charge on any atom is 0.0646 e. The van der Waals surface area contributed by atoms with Gasteiger partial charge in [-0.25, -0.2) is 0 Å². The van der Waals surface area contributed by atoms with Gasteiger partial charge in [0.2, 0.25) is 0 Å². The number of hydrogen-bond acceptors (Lipinski definition) is 3. The fourth-order valence-electron chi connectivity index (χ4n) is 7.36. The highest BCUT2D eigenvalue weighted by Gasteiger charge is 2.26. The van der Waals surface area contributed by atoms with E-state index in [9.17, 15) is 0 Å². The van der Waals surface area contributed by atoms with Crippen molar-refractivity contribution < 1.29 is 0 Å². The maximum atomic E-state index is 2.46. The first-order valence-electron chi connectivity index (χ1n) is 16.8. The van der Waals surface area contributed by atoms with Gasteiger partial charge in [0.05, 0.1) is 20.8 Å². The molecule has 0 fully saturated rings. The number of hydrogen-bond donors (Lipinski definition) is 0. The van der Waals surface area contributed by atoms with Crippen LogP contribution in [0.2, 0.25) is 0 Å². The average Bonchev–Trinajstić information content (AvgIpc) is 3.56. The minimum atomic E-state index is 1.14. The molecule has 0 spiro atoms. The Morgan fingerprint density at radius 2 is 0.735 bits per heavy atom. The van der Waals surface area contributed by atoms with Crippen molar-refractivity contribution in [3.63, 3.8) is 0 Å². The predicted molar refractivity (Wildman–Crippen MR) is 213 cm³/mol.